The normalized spacial score (nSPS) is 15.4. The third-order valence-electron chi connectivity index (χ3n) is 6.87. The van der Waals surface area contributed by atoms with Gasteiger partial charge in [0.05, 0.1) is 37.3 Å². The van der Waals surface area contributed by atoms with Crippen molar-refractivity contribution >= 4 is 45.0 Å². The fourth-order valence-electron chi connectivity index (χ4n) is 4.88. The lowest BCUT2D eigenvalue weighted by Gasteiger charge is -2.34. The molecule has 1 saturated heterocycles. The Balaban J connectivity index is 1.34. The largest absolute Gasteiger partial charge is 0.495 e. The van der Waals surface area contributed by atoms with E-state index in [1.165, 1.54) is 5.56 Å². The molecule has 0 unspecified atom stereocenters. The van der Waals surface area contributed by atoms with Crippen molar-refractivity contribution < 1.29 is 14.3 Å². The zero-order chi connectivity index (χ0) is 26.1. The minimum atomic E-state index is 0.0784. The van der Waals surface area contributed by atoms with E-state index in [1.54, 1.807) is 30.8 Å². The molecule has 9 nitrogen and oxygen atoms in total. The topological polar surface area (TPSA) is 92.7 Å². The number of carbonyl (C=O) groups is 1. The molecule has 0 bridgehead atoms. The maximum Gasteiger partial charge on any atom is 0.320 e. The molecule has 2 amide bonds. The van der Waals surface area contributed by atoms with E-state index in [-0.39, 0.29) is 6.03 Å². The Morgan fingerprint density at radius 1 is 1.13 bits per heavy atom. The highest BCUT2D eigenvalue weighted by Gasteiger charge is 2.30. The quantitative estimate of drug-likeness (QED) is 0.380. The van der Waals surface area contributed by atoms with Gasteiger partial charge in [-0.1, -0.05) is 17.7 Å². The first-order valence-corrected chi connectivity index (χ1v) is 13.7. The molecular formula is C27H27ClN6O3S. The van der Waals surface area contributed by atoms with Crippen LogP contribution in [-0.2, 0) is 24.2 Å². The number of hydrogen-bond donors (Lipinski definition) is 1. The van der Waals surface area contributed by atoms with Crippen molar-refractivity contribution in [3.05, 3.63) is 63.8 Å². The van der Waals surface area contributed by atoms with Crippen molar-refractivity contribution in [2.75, 3.05) is 45.3 Å². The maximum atomic E-state index is 13.2. The van der Waals surface area contributed by atoms with Gasteiger partial charge in [0.2, 0.25) is 0 Å². The van der Waals surface area contributed by atoms with Crippen molar-refractivity contribution in [1.82, 2.24) is 24.8 Å². The Morgan fingerprint density at radius 2 is 1.95 bits per heavy atom. The van der Waals surface area contributed by atoms with Gasteiger partial charge in [-0.25, -0.2) is 14.8 Å². The average Bonchev–Trinajstić information content (AvgIpc) is 3.34. The number of methoxy groups -OCH3 is 1. The Hall–Kier alpha value is -3.47. The number of thiophene rings is 1. The summed E-state index contributed by atoms with van der Waals surface area (Å²) in [6.45, 7) is 4.24. The smallest absolute Gasteiger partial charge is 0.320 e. The van der Waals surface area contributed by atoms with Gasteiger partial charge in [-0.3, -0.25) is 4.98 Å². The van der Waals surface area contributed by atoms with Crippen LogP contribution in [-0.4, -0.2) is 70.7 Å². The fourth-order valence-corrected chi connectivity index (χ4v) is 6.39. The summed E-state index contributed by atoms with van der Waals surface area (Å²) in [7, 11) is 1.60. The second-order valence-electron chi connectivity index (χ2n) is 9.19. The Bertz CT molecular complexity index is 1470. The van der Waals surface area contributed by atoms with E-state index < -0.39 is 0 Å². The van der Waals surface area contributed by atoms with Crippen molar-refractivity contribution in [1.29, 1.82) is 0 Å². The third-order valence-corrected chi connectivity index (χ3v) is 8.27. The van der Waals surface area contributed by atoms with E-state index in [0.29, 0.717) is 62.5 Å². The predicted molar refractivity (Wildman–Crippen MR) is 148 cm³/mol. The molecule has 3 aromatic heterocycles. The zero-order valence-electron chi connectivity index (χ0n) is 20.9. The summed E-state index contributed by atoms with van der Waals surface area (Å²) in [4.78, 5) is 33.1. The number of carbonyl (C=O) groups excluding carboxylic acids is 1. The summed E-state index contributed by atoms with van der Waals surface area (Å²) in [6.07, 6.45) is 4.24. The summed E-state index contributed by atoms with van der Waals surface area (Å²) in [5.74, 6) is 2.05. The summed E-state index contributed by atoms with van der Waals surface area (Å²) in [5, 5.41) is 5.13. The van der Waals surface area contributed by atoms with Crippen LogP contribution in [0.1, 0.15) is 16.0 Å². The molecule has 0 saturated carbocycles. The molecule has 1 aromatic carbocycles. The van der Waals surface area contributed by atoms with Gasteiger partial charge in [-0.05, 0) is 41.8 Å². The van der Waals surface area contributed by atoms with E-state index >= 15 is 0 Å². The van der Waals surface area contributed by atoms with Gasteiger partial charge in [-0.15, -0.1) is 11.3 Å². The number of amides is 2. The lowest BCUT2D eigenvalue weighted by atomic mass is 10.0. The zero-order valence-corrected chi connectivity index (χ0v) is 22.5. The minimum absolute atomic E-state index is 0.0784. The summed E-state index contributed by atoms with van der Waals surface area (Å²) < 4.78 is 10.7. The van der Waals surface area contributed by atoms with Crippen LogP contribution in [0.5, 0.6) is 5.75 Å². The van der Waals surface area contributed by atoms with Gasteiger partial charge >= 0.3 is 6.03 Å². The summed E-state index contributed by atoms with van der Waals surface area (Å²) in [6, 6.07) is 9.64. The molecule has 4 aromatic rings. The molecule has 2 aliphatic heterocycles. The second kappa shape index (κ2) is 10.7. The molecule has 5 heterocycles. The van der Waals surface area contributed by atoms with Crippen LogP contribution in [0, 0.1) is 0 Å². The van der Waals surface area contributed by atoms with E-state index in [4.69, 9.17) is 31.0 Å². The van der Waals surface area contributed by atoms with Crippen LogP contribution < -0.4 is 10.1 Å². The molecule has 1 fully saturated rings. The van der Waals surface area contributed by atoms with Gasteiger partial charge in [0.15, 0.2) is 5.82 Å². The van der Waals surface area contributed by atoms with Crippen LogP contribution in [0.15, 0.2) is 42.7 Å². The number of nitrogens with one attached hydrogen (secondary N) is 1. The van der Waals surface area contributed by atoms with Crippen molar-refractivity contribution in [3.63, 3.8) is 0 Å². The highest BCUT2D eigenvalue weighted by atomic mass is 35.5. The number of fused-ring (bicyclic) bond motifs is 3. The molecular weight excluding hydrogens is 524 g/mol. The van der Waals surface area contributed by atoms with Gasteiger partial charge in [-0.2, -0.15) is 0 Å². The number of benzene rings is 1. The Labute approximate surface area is 229 Å². The SMILES string of the molecule is COc1ccc(CNc2nc(-c3ccncc3)nc3sc4c(c23)CCN(C(=O)N2CCOCC2)C4)cc1Cl. The number of ether oxygens (including phenoxy) is 2. The standard InChI is InChI=1S/C27H27ClN6O3S/c1-36-21-3-2-17(14-20(21)28)15-30-25-23-19-6-9-34(27(35)33-10-12-37-13-11-33)16-22(19)38-26(23)32-24(31-25)18-4-7-29-8-5-18/h2-5,7-8,14H,6,9-13,15-16H2,1H3,(H,30,31,32). The number of halogens is 1. The van der Waals surface area contributed by atoms with E-state index in [2.05, 4.69) is 10.3 Å². The van der Waals surface area contributed by atoms with E-state index in [9.17, 15) is 4.79 Å². The Kier molecular flexibility index (Phi) is 7.01. The summed E-state index contributed by atoms with van der Waals surface area (Å²) >= 11 is 8.00. The van der Waals surface area contributed by atoms with Crippen LogP contribution in [0.2, 0.25) is 5.02 Å². The highest BCUT2D eigenvalue weighted by Crippen LogP contribution is 2.39. The molecule has 11 heteroatoms. The molecule has 0 radical (unpaired) electrons. The second-order valence-corrected chi connectivity index (χ2v) is 10.7. The Morgan fingerprint density at radius 3 is 2.71 bits per heavy atom. The van der Waals surface area contributed by atoms with Crippen LogP contribution in [0.4, 0.5) is 10.6 Å². The molecule has 6 rings (SSSR count). The lowest BCUT2D eigenvalue weighted by Crippen LogP contribution is -2.49. The number of nitrogens with zero attached hydrogens (tertiary/aromatic N) is 5. The van der Waals surface area contributed by atoms with Crippen LogP contribution in [0.25, 0.3) is 21.6 Å². The van der Waals surface area contributed by atoms with E-state index in [1.807, 2.05) is 40.1 Å². The predicted octanol–water partition coefficient (Wildman–Crippen LogP) is 4.84. The number of anilines is 1. The fraction of sp³-hybridized carbons (Fsp3) is 0.333. The molecule has 1 N–H and O–H groups in total. The van der Waals surface area contributed by atoms with Crippen molar-refractivity contribution in [3.8, 4) is 17.1 Å². The van der Waals surface area contributed by atoms with Crippen LogP contribution >= 0.6 is 22.9 Å². The van der Waals surface area contributed by atoms with E-state index in [0.717, 1.165) is 38.5 Å². The van der Waals surface area contributed by atoms with Crippen molar-refractivity contribution in [2.45, 2.75) is 19.5 Å². The molecule has 0 aliphatic carbocycles. The summed E-state index contributed by atoms with van der Waals surface area (Å²) in [5.41, 5.74) is 3.12. The lowest BCUT2D eigenvalue weighted by molar-refractivity contribution is 0.0423. The number of aromatic nitrogens is 3. The number of pyridine rings is 1. The molecule has 196 valence electrons. The van der Waals surface area contributed by atoms with Gasteiger partial charge < -0.3 is 24.6 Å². The van der Waals surface area contributed by atoms with Gasteiger partial charge in [0.1, 0.15) is 16.4 Å². The first-order chi connectivity index (χ1) is 18.6. The molecule has 38 heavy (non-hydrogen) atoms. The third kappa shape index (κ3) is 4.87. The first kappa shape index (κ1) is 24.8. The van der Waals surface area contributed by atoms with Crippen molar-refractivity contribution in [2.24, 2.45) is 0 Å². The first-order valence-electron chi connectivity index (χ1n) is 12.5. The highest BCUT2D eigenvalue weighted by molar-refractivity contribution is 7.19. The van der Waals surface area contributed by atoms with Crippen LogP contribution in [0.3, 0.4) is 0 Å². The molecule has 0 spiro atoms. The minimum Gasteiger partial charge on any atom is -0.495 e. The molecule has 0 atom stereocenters. The number of rotatable bonds is 5. The average molecular weight is 551 g/mol. The number of morpholine rings is 1. The maximum absolute atomic E-state index is 13.2. The molecule has 2 aliphatic rings. The monoisotopic (exact) mass is 550 g/mol. The van der Waals surface area contributed by atoms with Gasteiger partial charge in [0, 0.05) is 49.0 Å². The number of urea groups is 1. The van der Waals surface area contributed by atoms with Gasteiger partial charge in [0.25, 0.3) is 0 Å². The number of hydrogen-bond acceptors (Lipinski definition) is 8.